The van der Waals surface area contributed by atoms with Crippen molar-refractivity contribution in [3.8, 4) is 0 Å². The van der Waals surface area contributed by atoms with Gasteiger partial charge in [0, 0.05) is 0 Å². The summed E-state index contributed by atoms with van der Waals surface area (Å²) in [5.41, 5.74) is 0.537. The minimum absolute atomic E-state index is 0.537. The van der Waals surface area contributed by atoms with Crippen LogP contribution in [0.15, 0.2) is 12.2 Å². The second-order valence-corrected chi connectivity index (χ2v) is 7.34. The van der Waals surface area contributed by atoms with E-state index in [0.717, 1.165) is 5.92 Å². The largest absolute Gasteiger partial charge is 0.0882 e. The van der Waals surface area contributed by atoms with E-state index in [2.05, 4.69) is 32.9 Å². The van der Waals surface area contributed by atoms with Crippen LogP contribution in [0.25, 0.3) is 0 Å². The molecule has 1 unspecified atom stereocenters. The van der Waals surface area contributed by atoms with Gasteiger partial charge in [-0.15, -0.1) is 0 Å². The molecule has 1 rings (SSSR count). The van der Waals surface area contributed by atoms with E-state index in [1.807, 2.05) is 0 Å². The zero-order chi connectivity index (χ0) is 13.3. The van der Waals surface area contributed by atoms with E-state index in [1.165, 1.54) is 70.6 Å². The van der Waals surface area contributed by atoms with E-state index in [0.29, 0.717) is 5.41 Å². The molecule has 0 nitrogen and oxygen atoms in total. The normalized spacial score (nSPS) is 19.6. The molecule has 0 aromatic heterocycles. The molecule has 0 radical (unpaired) electrons. The SMILES string of the molecule is CC(C)(C)CCCCCCCCCC1C=CCC1. The van der Waals surface area contributed by atoms with Gasteiger partial charge in [-0.3, -0.25) is 0 Å². The summed E-state index contributed by atoms with van der Waals surface area (Å²) in [5.74, 6) is 0.928. The van der Waals surface area contributed by atoms with Gasteiger partial charge in [0.05, 0.1) is 0 Å². The molecule has 0 aromatic carbocycles. The van der Waals surface area contributed by atoms with Gasteiger partial charge in [-0.25, -0.2) is 0 Å². The van der Waals surface area contributed by atoms with Crippen LogP contribution in [0.2, 0.25) is 0 Å². The van der Waals surface area contributed by atoms with Crippen molar-refractivity contribution in [2.24, 2.45) is 11.3 Å². The van der Waals surface area contributed by atoms with Crippen molar-refractivity contribution >= 4 is 0 Å². The Balaban J connectivity index is 1.77. The van der Waals surface area contributed by atoms with Crippen LogP contribution in [0.3, 0.4) is 0 Å². The fourth-order valence-electron chi connectivity index (χ4n) is 2.88. The topological polar surface area (TPSA) is 0 Å². The quantitative estimate of drug-likeness (QED) is 0.323. The molecule has 0 saturated heterocycles. The van der Waals surface area contributed by atoms with Gasteiger partial charge in [0.2, 0.25) is 0 Å². The summed E-state index contributed by atoms with van der Waals surface area (Å²) in [6.45, 7) is 7.05. The number of allylic oxidation sites excluding steroid dienone is 2. The summed E-state index contributed by atoms with van der Waals surface area (Å²) in [5, 5.41) is 0. The molecule has 0 heteroatoms. The maximum Gasteiger partial charge on any atom is -0.0231 e. The van der Waals surface area contributed by atoms with Crippen LogP contribution < -0.4 is 0 Å². The number of rotatable bonds is 9. The zero-order valence-corrected chi connectivity index (χ0v) is 13.0. The molecule has 106 valence electrons. The minimum Gasteiger partial charge on any atom is -0.0882 e. The molecule has 18 heavy (non-hydrogen) atoms. The van der Waals surface area contributed by atoms with E-state index in [9.17, 15) is 0 Å². The zero-order valence-electron chi connectivity index (χ0n) is 13.0. The lowest BCUT2D eigenvalue weighted by molar-refractivity contribution is 0.356. The fraction of sp³-hybridized carbons (Fsp3) is 0.889. The third-order valence-electron chi connectivity index (χ3n) is 4.11. The van der Waals surface area contributed by atoms with Crippen molar-refractivity contribution in [3.63, 3.8) is 0 Å². The van der Waals surface area contributed by atoms with Gasteiger partial charge in [-0.1, -0.05) is 77.9 Å². The van der Waals surface area contributed by atoms with Gasteiger partial charge in [0.1, 0.15) is 0 Å². The molecule has 0 fully saturated rings. The first-order valence-electron chi connectivity index (χ1n) is 8.24. The summed E-state index contributed by atoms with van der Waals surface area (Å²) < 4.78 is 0. The molecule has 0 saturated carbocycles. The van der Waals surface area contributed by atoms with Crippen molar-refractivity contribution in [1.82, 2.24) is 0 Å². The van der Waals surface area contributed by atoms with E-state index in [1.54, 1.807) is 0 Å². The van der Waals surface area contributed by atoms with E-state index in [4.69, 9.17) is 0 Å². The molecule has 0 bridgehead atoms. The van der Waals surface area contributed by atoms with Gasteiger partial charge in [-0.05, 0) is 37.0 Å². The Labute approximate surface area is 115 Å². The second kappa shape index (κ2) is 8.77. The lowest BCUT2D eigenvalue weighted by atomic mass is 9.89. The molecule has 0 spiro atoms. The molecule has 0 N–H and O–H groups in total. The first-order valence-corrected chi connectivity index (χ1v) is 8.24. The third kappa shape index (κ3) is 8.78. The molecule has 0 aromatic rings. The highest BCUT2D eigenvalue weighted by molar-refractivity contribution is 4.95. The van der Waals surface area contributed by atoms with Crippen molar-refractivity contribution in [1.29, 1.82) is 0 Å². The summed E-state index contributed by atoms with van der Waals surface area (Å²) >= 11 is 0. The lowest BCUT2D eigenvalue weighted by Crippen LogP contribution is -2.03. The molecular formula is C18H34. The van der Waals surface area contributed by atoms with Crippen LogP contribution in [-0.4, -0.2) is 0 Å². The van der Waals surface area contributed by atoms with Crippen molar-refractivity contribution in [2.75, 3.05) is 0 Å². The molecule has 1 atom stereocenters. The van der Waals surface area contributed by atoms with Crippen LogP contribution >= 0.6 is 0 Å². The van der Waals surface area contributed by atoms with Crippen LogP contribution in [0, 0.1) is 11.3 Å². The maximum absolute atomic E-state index is 2.44. The standard InChI is InChI=1S/C18H34/c1-18(2,3)16-12-8-6-4-5-7-9-13-17-14-10-11-15-17/h10,14,17H,4-9,11-13,15-16H2,1-3H3. The van der Waals surface area contributed by atoms with Crippen LogP contribution in [0.5, 0.6) is 0 Å². The summed E-state index contributed by atoms with van der Waals surface area (Å²) in [4.78, 5) is 0. The predicted molar refractivity (Wildman–Crippen MR) is 82.9 cm³/mol. The van der Waals surface area contributed by atoms with E-state index >= 15 is 0 Å². The Bertz CT molecular complexity index is 219. The lowest BCUT2D eigenvalue weighted by Gasteiger charge is -2.17. The number of unbranched alkanes of at least 4 members (excludes halogenated alkanes) is 6. The van der Waals surface area contributed by atoms with Gasteiger partial charge >= 0.3 is 0 Å². The van der Waals surface area contributed by atoms with E-state index < -0.39 is 0 Å². The van der Waals surface area contributed by atoms with Crippen LogP contribution in [0.4, 0.5) is 0 Å². The van der Waals surface area contributed by atoms with Gasteiger partial charge in [-0.2, -0.15) is 0 Å². The highest BCUT2D eigenvalue weighted by Gasteiger charge is 2.09. The first-order chi connectivity index (χ1) is 8.58. The number of hydrogen-bond donors (Lipinski definition) is 0. The second-order valence-electron chi connectivity index (χ2n) is 7.34. The van der Waals surface area contributed by atoms with Gasteiger partial charge in [0.25, 0.3) is 0 Å². The number of hydrogen-bond acceptors (Lipinski definition) is 0. The molecule has 0 heterocycles. The molecule has 0 amide bonds. The smallest absolute Gasteiger partial charge is 0.0231 e. The summed E-state index contributed by atoms with van der Waals surface area (Å²) in [6, 6.07) is 0. The molecular weight excluding hydrogens is 216 g/mol. The Kier molecular flexibility index (Phi) is 7.70. The fourth-order valence-corrected chi connectivity index (χ4v) is 2.88. The monoisotopic (exact) mass is 250 g/mol. The highest BCUT2D eigenvalue weighted by Crippen LogP contribution is 2.24. The average molecular weight is 250 g/mol. The van der Waals surface area contributed by atoms with Crippen molar-refractivity contribution < 1.29 is 0 Å². The van der Waals surface area contributed by atoms with Crippen molar-refractivity contribution in [2.45, 2.75) is 91.4 Å². The third-order valence-corrected chi connectivity index (χ3v) is 4.11. The Hall–Kier alpha value is -0.260. The first kappa shape index (κ1) is 15.8. The Morgan fingerprint density at radius 1 is 0.889 bits per heavy atom. The molecule has 1 aliphatic rings. The Morgan fingerprint density at radius 3 is 2.06 bits per heavy atom. The van der Waals surface area contributed by atoms with Gasteiger partial charge < -0.3 is 0 Å². The van der Waals surface area contributed by atoms with Crippen LogP contribution in [-0.2, 0) is 0 Å². The highest BCUT2D eigenvalue weighted by atomic mass is 14.1. The van der Waals surface area contributed by atoms with Crippen molar-refractivity contribution in [3.05, 3.63) is 12.2 Å². The molecule has 0 aliphatic heterocycles. The predicted octanol–water partition coefficient (Wildman–Crippen LogP) is 6.51. The van der Waals surface area contributed by atoms with Crippen LogP contribution in [0.1, 0.15) is 91.4 Å². The summed E-state index contributed by atoms with van der Waals surface area (Å²) in [6.07, 6.45) is 20.6. The minimum atomic E-state index is 0.537. The maximum atomic E-state index is 2.44. The molecule has 1 aliphatic carbocycles. The van der Waals surface area contributed by atoms with Gasteiger partial charge in [0.15, 0.2) is 0 Å². The van der Waals surface area contributed by atoms with E-state index in [-0.39, 0.29) is 0 Å². The Morgan fingerprint density at radius 2 is 1.50 bits per heavy atom. The average Bonchev–Trinajstić information content (AvgIpc) is 2.78. The summed E-state index contributed by atoms with van der Waals surface area (Å²) in [7, 11) is 0.